The summed E-state index contributed by atoms with van der Waals surface area (Å²) >= 11 is 0. The van der Waals surface area contributed by atoms with E-state index in [9.17, 15) is 4.79 Å². The van der Waals surface area contributed by atoms with Gasteiger partial charge < -0.3 is 15.8 Å². The summed E-state index contributed by atoms with van der Waals surface area (Å²) in [6, 6.07) is 7.87. The number of amides is 1. The highest BCUT2D eigenvalue weighted by Gasteiger charge is 2.36. The maximum absolute atomic E-state index is 12.1. The van der Waals surface area contributed by atoms with Crippen molar-refractivity contribution in [3.05, 3.63) is 35.4 Å². The summed E-state index contributed by atoms with van der Waals surface area (Å²) in [5, 5.41) is 2.72. The molecule has 5 nitrogen and oxygen atoms in total. The van der Waals surface area contributed by atoms with Gasteiger partial charge >= 0.3 is 0 Å². The first-order valence-corrected chi connectivity index (χ1v) is 7.42. The zero-order valence-electron chi connectivity index (χ0n) is 13.0. The zero-order valence-corrected chi connectivity index (χ0v) is 13.0. The van der Waals surface area contributed by atoms with Crippen LogP contribution in [0.1, 0.15) is 24.1 Å². The third kappa shape index (κ3) is 3.43. The van der Waals surface area contributed by atoms with Crippen LogP contribution in [0.2, 0.25) is 0 Å². The number of likely N-dealkylation sites (N-methyl/N-ethyl adjacent to an activating group) is 1. The van der Waals surface area contributed by atoms with Crippen molar-refractivity contribution in [1.82, 2.24) is 10.2 Å². The van der Waals surface area contributed by atoms with Gasteiger partial charge in [0.25, 0.3) is 0 Å². The normalized spacial score (nSPS) is 22.6. The Morgan fingerprint density at radius 1 is 1.48 bits per heavy atom. The molecule has 0 aromatic heterocycles. The van der Waals surface area contributed by atoms with Crippen LogP contribution >= 0.6 is 0 Å². The van der Waals surface area contributed by atoms with E-state index in [1.165, 1.54) is 11.1 Å². The molecule has 1 amide bonds. The molecule has 0 aliphatic carbocycles. The molecule has 2 rings (SSSR count). The Labute approximate surface area is 126 Å². The molecule has 3 atom stereocenters. The smallest absolute Gasteiger partial charge is 0.239 e. The lowest BCUT2D eigenvalue weighted by molar-refractivity contribution is -0.134. The Bertz CT molecular complexity index is 490. The Morgan fingerprint density at radius 3 is 2.81 bits per heavy atom. The molecule has 1 aliphatic heterocycles. The van der Waals surface area contributed by atoms with Gasteiger partial charge in [-0.1, -0.05) is 24.3 Å². The number of nitrogens with two attached hydrogens (primary N) is 1. The quantitative estimate of drug-likeness (QED) is 0.862. The predicted octanol–water partition coefficient (Wildman–Crippen LogP) is 0.830. The van der Waals surface area contributed by atoms with Crippen LogP contribution in [0.3, 0.4) is 0 Å². The van der Waals surface area contributed by atoms with Crippen LogP contribution in [0.25, 0.3) is 0 Å². The minimum Gasteiger partial charge on any atom is -0.378 e. The number of hydrogen-bond acceptors (Lipinski definition) is 4. The minimum atomic E-state index is -0.292. The molecule has 1 aromatic rings. The molecule has 1 fully saturated rings. The maximum Gasteiger partial charge on any atom is 0.239 e. The first kappa shape index (κ1) is 15.9. The number of aryl methyl sites for hydroxylation is 1. The fraction of sp³-hybridized carbons (Fsp3) is 0.562. The highest BCUT2D eigenvalue weighted by Crippen LogP contribution is 2.29. The Balaban J connectivity index is 2.36. The van der Waals surface area contributed by atoms with E-state index in [2.05, 4.69) is 29.3 Å². The second kappa shape index (κ2) is 7.02. The zero-order chi connectivity index (χ0) is 15.4. The molecular formula is C16H25N3O2. The van der Waals surface area contributed by atoms with E-state index in [1.807, 2.05) is 19.1 Å². The van der Waals surface area contributed by atoms with Crippen LogP contribution in [-0.4, -0.2) is 49.7 Å². The van der Waals surface area contributed by atoms with Crippen LogP contribution in [0.4, 0.5) is 0 Å². The lowest BCUT2D eigenvalue weighted by Crippen LogP contribution is -2.57. The van der Waals surface area contributed by atoms with Crippen molar-refractivity contribution >= 4 is 5.91 Å². The standard InChI is InChI=1S/C16H25N3O2/c1-11-6-4-5-7-13(11)15(12(2)17)19-8-9-21-10-14(19)16(20)18-3/h4-7,12,14-15H,8-10,17H2,1-3H3,(H,18,20). The van der Waals surface area contributed by atoms with Crippen molar-refractivity contribution in [2.24, 2.45) is 5.73 Å². The van der Waals surface area contributed by atoms with Crippen LogP contribution < -0.4 is 11.1 Å². The van der Waals surface area contributed by atoms with E-state index in [0.717, 1.165) is 0 Å². The molecule has 1 aromatic carbocycles. The molecule has 116 valence electrons. The van der Waals surface area contributed by atoms with Gasteiger partial charge in [-0.15, -0.1) is 0 Å². The van der Waals surface area contributed by atoms with Crippen molar-refractivity contribution in [1.29, 1.82) is 0 Å². The molecule has 21 heavy (non-hydrogen) atoms. The van der Waals surface area contributed by atoms with E-state index in [4.69, 9.17) is 10.5 Å². The molecule has 0 spiro atoms. The lowest BCUT2D eigenvalue weighted by Gasteiger charge is -2.42. The second-order valence-corrected chi connectivity index (χ2v) is 5.60. The summed E-state index contributed by atoms with van der Waals surface area (Å²) in [6.07, 6.45) is 0. The highest BCUT2D eigenvalue weighted by molar-refractivity contribution is 5.81. The van der Waals surface area contributed by atoms with E-state index in [0.29, 0.717) is 19.8 Å². The third-order valence-electron chi connectivity index (χ3n) is 4.08. The van der Waals surface area contributed by atoms with E-state index in [1.54, 1.807) is 7.05 Å². The van der Waals surface area contributed by atoms with Gasteiger partial charge in [0.15, 0.2) is 0 Å². The maximum atomic E-state index is 12.1. The van der Waals surface area contributed by atoms with Crippen molar-refractivity contribution in [3.8, 4) is 0 Å². The van der Waals surface area contributed by atoms with Crippen LogP contribution in [0.5, 0.6) is 0 Å². The first-order chi connectivity index (χ1) is 10.1. The van der Waals surface area contributed by atoms with Crippen LogP contribution in [0.15, 0.2) is 24.3 Å². The molecule has 0 radical (unpaired) electrons. The molecule has 1 heterocycles. The Morgan fingerprint density at radius 2 is 2.19 bits per heavy atom. The number of nitrogens with zero attached hydrogens (tertiary/aromatic N) is 1. The summed E-state index contributed by atoms with van der Waals surface area (Å²) in [5.74, 6) is -0.0195. The number of rotatable bonds is 4. The third-order valence-corrected chi connectivity index (χ3v) is 4.08. The summed E-state index contributed by atoms with van der Waals surface area (Å²) in [4.78, 5) is 14.3. The van der Waals surface area contributed by atoms with Gasteiger partial charge in [-0.3, -0.25) is 9.69 Å². The fourth-order valence-electron chi connectivity index (χ4n) is 3.02. The molecule has 0 saturated carbocycles. The monoisotopic (exact) mass is 291 g/mol. The molecule has 3 unspecified atom stereocenters. The summed E-state index contributed by atoms with van der Waals surface area (Å²) in [6.45, 7) is 5.82. The molecule has 0 bridgehead atoms. The van der Waals surface area contributed by atoms with Gasteiger partial charge in [0.1, 0.15) is 6.04 Å². The van der Waals surface area contributed by atoms with Gasteiger partial charge in [0.2, 0.25) is 5.91 Å². The van der Waals surface area contributed by atoms with Gasteiger partial charge in [-0.25, -0.2) is 0 Å². The average molecular weight is 291 g/mol. The van der Waals surface area contributed by atoms with E-state index >= 15 is 0 Å². The number of carbonyl (C=O) groups excluding carboxylic acids is 1. The van der Waals surface area contributed by atoms with Crippen molar-refractivity contribution in [2.75, 3.05) is 26.8 Å². The number of hydrogen-bond donors (Lipinski definition) is 2. The Kier molecular flexibility index (Phi) is 5.33. The van der Waals surface area contributed by atoms with Gasteiger partial charge in [0.05, 0.1) is 19.3 Å². The number of ether oxygens (including phenoxy) is 1. The highest BCUT2D eigenvalue weighted by atomic mass is 16.5. The number of morpholine rings is 1. The molecule has 3 N–H and O–H groups in total. The van der Waals surface area contributed by atoms with Crippen molar-refractivity contribution in [3.63, 3.8) is 0 Å². The van der Waals surface area contributed by atoms with Crippen LogP contribution in [0, 0.1) is 6.92 Å². The van der Waals surface area contributed by atoms with Crippen molar-refractivity contribution in [2.45, 2.75) is 32.0 Å². The number of nitrogens with one attached hydrogen (secondary N) is 1. The number of carbonyl (C=O) groups is 1. The van der Waals surface area contributed by atoms with Gasteiger partial charge in [-0.2, -0.15) is 0 Å². The summed E-state index contributed by atoms with van der Waals surface area (Å²) < 4.78 is 5.49. The predicted molar refractivity (Wildman–Crippen MR) is 82.9 cm³/mol. The fourth-order valence-corrected chi connectivity index (χ4v) is 3.02. The largest absolute Gasteiger partial charge is 0.378 e. The molecule has 1 aliphatic rings. The first-order valence-electron chi connectivity index (χ1n) is 7.42. The van der Waals surface area contributed by atoms with E-state index in [-0.39, 0.29) is 24.0 Å². The van der Waals surface area contributed by atoms with Gasteiger partial charge in [-0.05, 0) is 25.0 Å². The van der Waals surface area contributed by atoms with Gasteiger partial charge in [0, 0.05) is 19.6 Å². The average Bonchev–Trinajstić information content (AvgIpc) is 2.49. The minimum absolute atomic E-state index is 0.0115. The summed E-state index contributed by atoms with van der Waals surface area (Å²) in [5.41, 5.74) is 8.64. The molecule has 5 heteroatoms. The molecular weight excluding hydrogens is 266 g/mol. The van der Waals surface area contributed by atoms with Crippen LogP contribution in [-0.2, 0) is 9.53 Å². The second-order valence-electron chi connectivity index (χ2n) is 5.60. The van der Waals surface area contributed by atoms with E-state index < -0.39 is 0 Å². The number of benzene rings is 1. The lowest BCUT2D eigenvalue weighted by atomic mass is 9.93. The topological polar surface area (TPSA) is 67.6 Å². The molecule has 1 saturated heterocycles. The SMILES string of the molecule is CNC(=O)C1COCCN1C(c1ccccc1C)C(C)N. The Hall–Kier alpha value is -1.43. The van der Waals surface area contributed by atoms with Crippen molar-refractivity contribution < 1.29 is 9.53 Å². The summed E-state index contributed by atoms with van der Waals surface area (Å²) in [7, 11) is 1.66.